The summed E-state index contributed by atoms with van der Waals surface area (Å²) in [5.74, 6) is 0.375. The summed E-state index contributed by atoms with van der Waals surface area (Å²) in [5.41, 5.74) is 2.53. The minimum absolute atomic E-state index is 0.0200. The number of rotatable bonds is 14. The van der Waals surface area contributed by atoms with E-state index in [2.05, 4.69) is 20.4 Å². The van der Waals surface area contributed by atoms with E-state index in [4.69, 9.17) is 18.6 Å². The molecule has 2 bridgehead atoms. The van der Waals surface area contributed by atoms with Gasteiger partial charge in [0.2, 0.25) is 0 Å². The van der Waals surface area contributed by atoms with Crippen LogP contribution in [0.1, 0.15) is 31.4 Å². The number of oxazole rings is 1. The summed E-state index contributed by atoms with van der Waals surface area (Å²) in [7, 11) is -4.14. The molecule has 3 aliphatic rings. The first kappa shape index (κ1) is 34.4. The van der Waals surface area contributed by atoms with Crippen molar-refractivity contribution >= 4 is 33.2 Å². The van der Waals surface area contributed by atoms with Gasteiger partial charge in [-0.05, 0) is 56.0 Å². The number of carbonyl (C=O) groups excluding carboxylic acids is 1. The molecule has 3 aromatic carbocycles. The summed E-state index contributed by atoms with van der Waals surface area (Å²) in [4.78, 5) is 20.5. The fourth-order valence-electron chi connectivity index (χ4n) is 7.21. The molecule has 4 aromatic rings. The Bertz CT molecular complexity index is 1880. The first-order valence-electron chi connectivity index (χ1n) is 17.0. The Morgan fingerprint density at radius 3 is 2.46 bits per heavy atom. The van der Waals surface area contributed by atoms with Gasteiger partial charge < -0.3 is 34.4 Å². The molecule has 0 spiro atoms. The third kappa shape index (κ3) is 7.80. The van der Waals surface area contributed by atoms with Crippen molar-refractivity contribution in [2.24, 2.45) is 17.8 Å². The number of alkyl carbamates (subject to hydrolysis) is 1. The predicted molar refractivity (Wildman–Crippen MR) is 184 cm³/mol. The molecule has 3 fully saturated rings. The lowest BCUT2D eigenvalue weighted by molar-refractivity contribution is -0.169. The lowest BCUT2D eigenvalue weighted by Gasteiger charge is -2.31. The number of aliphatic hydroxyl groups is 1. The quantitative estimate of drug-likeness (QED) is 0.140. The fourth-order valence-corrected chi connectivity index (χ4v) is 8.30. The highest BCUT2D eigenvalue weighted by molar-refractivity contribution is 7.89. The summed E-state index contributed by atoms with van der Waals surface area (Å²) in [6.45, 7) is 4.83. The number of carbonyl (C=O) groups is 1. The highest BCUT2D eigenvalue weighted by Gasteiger charge is 2.56. The van der Waals surface area contributed by atoms with Crippen LogP contribution in [-0.4, -0.2) is 80.0 Å². The summed E-state index contributed by atoms with van der Waals surface area (Å²) in [6.07, 6.45) is -1.26. The van der Waals surface area contributed by atoms with E-state index in [1.807, 2.05) is 74.5 Å². The number of benzene rings is 3. The van der Waals surface area contributed by atoms with E-state index in [1.54, 1.807) is 6.07 Å². The van der Waals surface area contributed by atoms with Crippen LogP contribution >= 0.6 is 0 Å². The summed E-state index contributed by atoms with van der Waals surface area (Å²) in [5, 5.41) is 19.2. The molecule has 4 N–H and O–H groups in total. The zero-order valence-electron chi connectivity index (χ0n) is 28.0. The van der Waals surface area contributed by atoms with Gasteiger partial charge >= 0.3 is 6.09 Å². The average molecular weight is 706 g/mol. The van der Waals surface area contributed by atoms with Crippen LogP contribution in [0, 0.1) is 17.8 Å². The van der Waals surface area contributed by atoms with Crippen molar-refractivity contribution in [3.8, 4) is 0 Å². The summed E-state index contributed by atoms with van der Waals surface area (Å²) in [6, 6.07) is 22.8. The topological polar surface area (TPSA) is 164 Å². The van der Waals surface area contributed by atoms with E-state index in [9.17, 15) is 18.3 Å². The summed E-state index contributed by atoms with van der Waals surface area (Å²) >= 11 is 0. The van der Waals surface area contributed by atoms with E-state index >= 15 is 0 Å². The number of nitrogens with zero attached hydrogens (tertiary/aromatic N) is 2. The van der Waals surface area contributed by atoms with Gasteiger partial charge in [-0.2, -0.15) is 4.98 Å². The molecule has 266 valence electrons. The Labute approximate surface area is 291 Å². The van der Waals surface area contributed by atoms with Crippen molar-refractivity contribution in [1.82, 2.24) is 20.1 Å². The van der Waals surface area contributed by atoms with Crippen LogP contribution in [0.15, 0.2) is 88.2 Å². The second kappa shape index (κ2) is 14.7. The molecule has 1 aromatic heterocycles. The van der Waals surface area contributed by atoms with Crippen LogP contribution in [0.5, 0.6) is 0 Å². The number of anilines is 1. The first-order chi connectivity index (χ1) is 24.1. The SMILES string of the molecule is CC(C)Nc1nc2cc(S(=O)(=O)NN(Cc3ccccc3)C[C@@H](O)[C@H](Cc3ccccc3)NC(=O)OC3C4COC5OCC3C5C4)ccc2o1. The van der Waals surface area contributed by atoms with Crippen molar-refractivity contribution in [2.75, 3.05) is 25.1 Å². The van der Waals surface area contributed by atoms with Gasteiger partial charge in [-0.15, -0.1) is 4.83 Å². The normalized spacial score (nSPS) is 24.1. The average Bonchev–Trinajstić information content (AvgIpc) is 3.76. The Kier molecular flexibility index (Phi) is 10.1. The number of fused-ring (bicyclic) bond motifs is 2. The smallest absolute Gasteiger partial charge is 0.407 e. The van der Waals surface area contributed by atoms with Gasteiger partial charge in [0, 0.05) is 36.9 Å². The van der Waals surface area contributed by atoms with Gasteiger partial charge in [0.25, 0.3) is 16.0 Å². The van der Waals surface area contributed by atoms with Crippen LogP contribution in [0.25, 0.3) is 11.1 Å². The van der Waals surface area contributed by atoms with Gasteiger partial charge in [-0.1, -0.05) is 60.7 Å². The van der Waals surface area contributed by atoms with Crippen molar-refractivity contribution in [2.45, 2.75) is 68.7 Å². The number of amides is 1. The van der Waals surface area contributed by atoms with Gasteiger partial charge in [-0.25, -0.2) is 18.2 Å². The second-order valence-electron chi connectivity index (χ2n) is 13.6. The van der Waals surface area contributed by atoms with E-state index in [0.29, 0.717) is 30.3 Å². The van der Waals surface area contributed by atoms with Gasteiger partial charge in [0.05, 0.1) is 30.3 Å². The third-order valence-electron chi connectivity index (χ3n) is 9.55. The van der Waals surface area contributed by atoms with Crippen LogP contribution in [0.2, 0.25) is 0 Å². The zero-order chi connectivity index (χ0) is 34.8. The standard InChI is InChI=1S/C36H43N5O8S/c1-22(2)37-35-38-30-17-26(13-14-32(30)48-35)50(44,45)40-41(18-24-11-7-4-8-12-24)19-31(42)29(15-23-9-5-3-6-10-23)39-36(43)49-33-25-16-27-28(33)21-47-34(27)46-20-25/h3-14,17,22,25,27-29,31,33-34,40,42H,15-16,18-21H2,1-2H3,(H,37,38)(H,39,43)/t25?,27?,28?,29-,31+,33?,34?/m0/s1. The third-order valence-corrected chi connectivity index (χ3v) is 10.9. The lowest BCUT2D eigenvalue weighted by atomic mass is 9.98. The number of nitrogens with one attached hydrogen (secondary N) is 3. The molecule has 0 radical (unpaired) electrons. The molecule has 2 saturated heterocycles. The number of ether oxygens (including phenoxy) is 3. The minimum Gasteiger partial charge on any atom is -0.445 e. The predicted octanol–water partition coefficient (Wildman–Crippen LogP) is 4.05. The molecule has 5 unspecified atom stereocenters. The van der Waals surface area contributed by atoms with Crippen LogP contribution < -0.4 is 15.5 Å². The number of hydrogen-bond acceptors (Lipinski definition) is 11. The largest absolute Gasteiger partial charge is 0.445 e. The Balaban J connectivity index is 1.10. The van der Waals surface area contributed by atoms with Gasteiger partial charge in [0.1, 0.15) is 11.6 Å². The molecule has 13 nitrogen and oxygen atoms in total. The van der Waals surface area contributed by atoms with Crippen LogP contribution in [0.4, 0.5) is 10.8 Å². The molecule has 50 heavy (non-hydrogen) atoms. The van der Waals surface area contributed by atoms with E-state index < -0.39 is 28.3 Å². The molecule has 7 atom stereocenters. The molecule has 2 aliphatic heterocycles. The Morgan fingerprint density at radius 1 is 1.00 bits per heavy atom. The monoisotopic (exact) mass is 705 g/mol. The molecule has 1 amide bonds. The maximum absolute atomic E-state index is 13.8. The number of hydrazine groups is 1. The number of aromatic nitrogens is 1. The van der Waals surface area contributed by atoms with E-state index in [1.165, 1.54) is 17.1 Å². The zero-order valence-corrected chi connectivity index (χ0v) is 28.8. The first-order valence-corrected chi connectivity index (χ1v) is 18.5. The fraction of sp³-hybridized carbons (Fsp3) is 0.444. The van der Waals surface area contributed by atoms with Crippen LogP contribution in [-0.2, 0) is 37.2 Å². The molecule has 1 saturated carbocycles. The summed E-state index contributed by atoms with van der Waals surface area (Å²) < 4.78 is 50.9. The lowest BCUT2D eigenvalue weighted by Crippen LogP contribution is -2.53. The van der Waals surface area contributed by atoms with Crippen molar-refractivity contribution in [3.63, 3.8) is 0 Å². The molecule has 7 rings (SSSR count). The number of hydrogen-bond donors (Lipinski definition) is 4. The Hall–Kier alpha value is -4.05. The van der Waals surface area contributed by atoms with E-state index in [-0.39, 0.29) is 60.6 Å². The molecular weight excluding hydrogens is 662 g/mol. The number of sulfonamides is 1. The van der Waals surface area contributed by atoms with Gasteiger partial charge in [-0.3, -0.25) is 0 Å². The minimum atomic E-state index is -4.14. The van der Waals surface area contributed by atoms with Crippen LogP contribution in [0.3, 0.4) is 0 Å². The Morgan fingerprint density at radius 2 is 1.72 bits per heavy atom. The van der Waals surface area contributed by atoms with Gasteiger partial charge in [0.15, 0.2) is 11.9 Å². The van der Waals surface area contributed by atoms with Crippen molar-refractivity contribution in [3.05, 3.63) is 90.0 Å². The highest BCUT2D eigenvalue weighted by atomic mass is 32.2. The molecule has 3 heterocycles. The highest BCUT2D eigenvalue weighted by Crippen LogP contribution is 2.49. The maximum atomic E-state index is 13.8. The van der Waals surface area contributed by atoms with Crippen molar-refractivity contribution in [1.29, 1.82) is 0 Å². The second-order valence-corrected chi connectivity index (χ2v) is 15.3. The maximum Gasteiger partial charge on any atom is 0.407 e. The molecular formula is C36H43N5O8S. The number of aliphatic hydroxyl groups excluding tert-OH is 1. The van der Waals surface area contributed by atoms with E-state index in [0.717, 1.165) is 17.5 Å². The van der Waals surface area contributed by atoms with Crippen molar-refractivity contribution < 1.29 is 36.9 Å². The molecule has 1 aliphatic carbocycles. The molecule has 14 heteroatoms.